The first kappa shape index (κ1) is 12.3. The Morgan fingerprint density at radius 2 is 2.07 bits per heavy atom. The molecule has 0 amide bonds. The van der Waals surface area contributed by atoms with Crippen molar-refractivity contribution in [1.82, 2.24) is 5.32 Å². The first-order valence-corrected chi connectivity index (χ1v) is 6.12. The van der Waals surface area contributed by atoms with Gasteiger partial charge in [0, 0.05) is 24.6 Å². The summed E-state index contributed by atoms with van der Waals surface area (Å²) in [6.07, 6.45) is 1.91. The van der Waals surface area contributed by atoms with Crippen LogP contribution in [0.1, 0.15) is 5.56 Å². The van der Waals surface area contributed by atoms with Crippen LogP contribution in [0.5, 0.6) is 0 Å². The van der Waals surface area contributed by atoms with Gasteiger partial charge in [-0.1, -0.05) is 18.2 Å². The molecule has 3 heteroatoms. The van der Waals surface area contributed by atoms with E-state index in [-0.39, 0.29) is 5.82 Å². The van der Waals surface area contributed by atoms with E-state index in [2.05, 4.69) is 11.9 Å². The summed E-state index contributed by atoms with van der Waals surface area (Å²) in [6, 6.07) is 6.59. The number of hydrogen-bond donors (Lipinski definition) is 1. The molecule has 1 nitrogen and oxygen atoms in total. The van der Waals surface area contributed by atoms with Gasteiger partial charge in [0.05, 0.1) is 0 Å². The quantitative estimate of drug-likeness (QED) is 0.565. The molecular weight excluding hydrogens is 209 g/mol. The van der Waals surface area contributed by atoms with Crippen molar-refractivity contribution in [3.8, 4) is 0 Å². The third-order valence-corrected chi connectivity index (χ3v) is 2.87. The molecule has 0 aromatic heterocycles. The molecule has 0 heterocycles. The van der Waals surface area contributed by atoms with Gasteiger partial charge < -0.3 is 5.32 Å². The molecule has 1 aromatic carbocycles. The first-order chi connectivity index (χ1) is 7.33. The van der Waals surface area contributed by atoms with Crippen molar-refractivity contribution in [2.75, 3.05) is 18.1 Å². The SMILES string of the molecule is C=CCSCCNCc1ccc(F)cc1. The number of benzene rings is 1. The van der Waals surface area contributed by atoms with E-state index < -0.39 is 0 Å². The monoisotopic (exact) mass is 225 g/mol. The standard InChI is InChI=1S/C12H16FNS/c1-2-8-15-9-7-14-10-11-3-5-12(13)6-4-11/h2-6,14H,1,7-10H2. The minimum absolute atomic E-state index is 0.180. The van der Waals surface area contributed by atoms with Gasteiger partial charge in [0.2, 0.25) is 0 Å². The lowest BCUT2D eigenvalue weighted by Crippen LogP contribution is -2.16. The lowest BCUT2D eigenvalue weighted by molar-refractivity contribution is 0.625. The average Bonchev–Trinajstić information content (AvgIpc) is 2.26. The van der Waals surface area contributed by atoms with Crippen LogP contribution in [-0.4, -0.2) is 18.1 Å². The van der Waals surface area contributed by atoms with Gasteiger partial charge in [-0.05, 0) is 17.7 Å². The minimum atomic E-state index is -0.180. The molecule has 0 saturated heterocycles. The Bertz CT molecular complexity index is 284. The summed E-state index contributed by atoms with van der Waals surface area (Å²) < 4.78 is 12.6. The molecule has 0 unspecified atom stereocenters. The Balaban J connectivity index is 2.09. The van der Waals surface area contributed by atoms with E-state index >= 15 is 0 Å². The van der Waals surface area contributed by atoms with Crippen LogP contribution >= 0.6 is 11.8 Å². The molecule has 0 atom stereocenters. The molecule has 0 aliphatic carbocycles. The van der Waals surface area contributed by atoms with Gasteiger partial charge in [-0.25, -0.2) is 4.39 Å². The average molecular weight is 225 g/mol. The molecule has 1 rings (SSSR count). The van der Waals surface area contributed by atoms with Crippen molar-refractivity contribution in [1.29, 1.82) is 0 Å². The highest BCUT2D eigenvalue weighted by Gasteiger charge is 1.93. The van der Waals surface area contributed by atoms with E-state index in [9.17, 15) is 4.39 Å². The summed E-state index contributed by atoms with van der Waals surface area (Å²) in [5.41, 5.74) is 1.12. The topological polar surface area (TPSA) is 12.0 Å². The second kappa shape index (κ2) is 7.49. The highest BCUT2D eigenvalue weighted by molar-refractivity contribution is 7.99. The summed E-state index contributed by atoms with van der Waals surface area (Å²) in [5.74, 6) is 1.89. The van der Waals surface area contributed by atoms with Crippen LogP contribution in [0.15, 0.2) is 36.9 Å². The fourth-order valence-electron chi connectivity index (χ4n) is 1.15. The van der Waals surface area contributed by atoms with Gasteiger partial charge in [-0.15, -0.1) is 6.58 Å². The van der Waals surface area contributed by atoms with E-state index in [1.54, 1.807) is 12.1 Å². The molecule has 0 spiro atoms. The summed E-state index contributed by atoms with van der Waals surface area (Å²) in [7, 11) is 0. The molecule has 82 valence electrons. The Kier molecular flexibility index (Phi) is 6.12. The molecule has 0 aliphatic heterocycles. The maximum atomic E-state index is 12.6. The highest BCUT2D eigenvalue weighted by atomic mass is 32.2. The summed E-state index contributed by atoms with van der Waals surface area (Å²) in [4.78, 5) is 0. The smallest absolute Gasteiger partial charge is 0.123 e. The van der Waals surface area contributed by atoms with E-state index in [0.29, 0.717) is 0 Å². The van der Waals surface area contributed by atoms with Crippen LogP contribution in [0.2, 0.25) is 0 Å². The summed E-state index contributed by atoms with van der Waals surface area (Å²) in [5, 5.41) is 3.30. The lowest BCUT2D eigenvalue weighted by atomic mass is 10.2. The zero-order valence-corrected chi connectivity index (χ0v) is 9.52. The highest BCUT2D eigenvalue weighted by Crippen LogP contribution is 2.02. The third kappa shape index (κ3) is 5.60. The number of halogens is 1. The molecule has 0 saturated carbocycles. The second-order valence-electron chi connectivity index (χ2n) is 3.17. The summed E-state index contributed by atoms with van der Waals surface area (Å²) in [6.45, 7) is 5.43. The molecule has 0 bridgehead atoms. The third-order valence-electron chi connectivity index (χ3n) is 1.90. The van der Waals surface area contributed by atoms with E-state index in [1.807, 2.05) is 17.8 Å². The molecule has 15 heavy (non-hydrogen) atoms. The van der Waals surface area contributed by atoms with Gasteiger partial charge in [-0.3, -0.25) is 0 Å². The van der Waals surface area contributed by atoms with Crippen LogP contribution < -0.4 is 5.32 Å². The number of rotatable bonds is 7. The van der Waals surface area contributed by atoms with Crippen molar-refractivity contribution in [3.63, 3.8) is 0 Å². The van der Waals surface area contributed by atoms with E-state index in [0.717, 1.165) is 30.2 Å². The number of thioether (sulfide) groups is 1. The van der Waals surface area contributed by atoms with Crippen molar-refractivity contribution in [2.45, 2.75) is 6.54 Å². The Hall–Kier alpha value is -0.800. The van der Waals surface area contributed by atoms with Crippen molar-refractivity contribution in [2.24, 2.45) is 0 Å². The van der Waals surface area contributed by atoms with Crippen LogP contribution in [0, 0.1) is 5.82 Å². The fraction of sp³-hybridized carbons (Fsp3) is 0.333. The molecule has 1 N–H and O–H groups in total. The largest absolute Gasteiger partial charge is 0.312 e. The molecule has 0 fully saturated rings. The molecule has 0 radical (unpaired) electrons. The normalized spacial score (nSPS) is 10.2. The lowest BCUT2D eigenvalue weighted by Gasteiger charge is -2.03. The predicted octanol–water partition coefficient (Wildman–Crippen LogP) is 2.83. The molecule has 1 aromatic rings. The van der Waals surface area contributed by atoms with E-state index in [1.165, 1.54) is 12.1 Å². The Morgan fingerprint density at radius 3 is 2.73 bits per heavy atom. The van der Waals surface area contributed by atoms with Crippen molar-refractivity contribution in [3.05, 3.63) is 48.3 Å². The van der Waals surface area contributed by atoms with Gasteiger partial charge in [-0.2, -0.15) is 11.8 Å². The van der Waals surface area contributed by atoms with Crippen LogP contribution in [-0.2, 0) is 6.54 Å². The van der Waals surface area contributed by atoms with Crippen LogP contribution in [0.4, 0.5) is 4.39 Å². The Labute approximate surface area is 94.8 Å². The van der Waals surface area contributed by atoms with Crippen LogP contribution in [0.25, 0.3) is 0 Å². The fourth-order valence-corrected chi connectivity index (χ4v) is 1.77. The van der Waals surface area contributed by atoms with Gasteiger partial charge in [0.15, 0.2) is 0 Å². The van der Waals surface area contributed by atoms with Gasteiger partial charge in [0.25, 0.3) is 0 Å². The van der Waals surface area contributed by atoms with Gasteiger partial charge in [0.1, 0.15) is 5.82 Å². The van der Waals surface area contributed by atoms with Crippen LogP contribution in [0.3, 0.4) is 0 Å². The maximum absolute atomic E-state index is 12.6. The molecular formula is C12H16FNS. The number of nitrogens with one attached hydrogen (secondary N) is 1. The predicted molar refractivity (Wildman–Crippen MR) is 65.6 cm³/mol. The number of hydrogen-bond acceptors (Lipinski definition) is 2. The zero-order chi connectivity index (χ0) is 10.9. The zero-order valence-electron chi connectivity index (χ0n) is 8.71. The van der Waals surface area contributed by atoms with Crippen molar-refractivity contribution < 1.29 is 4.39 Å². The summed E-state index contributed by atoms with van der Waals surface area (Å²) >= 11 is 1.85. The van der Waals surface area contributed by atoms with Gasteiger partial charge >= 0.3 is 0 Å². The van der Waals surface area contributed by atoms with Crippen molar-refractivity contribution >= 4 is 11.8 Å². The second-order valence-corrected chi connectivity index (χ2v) is 4.32. The first-order valence-electron chi connectivity index (χ1n) is 4.96. The Morgan fingerprint density at radius 1 is 1.33 bits per heavy atom. The van der Waals surface area contributed by atoms with E-state index in [4.69, 9.17) is 0 Å². The molecule has 0 aliphatic rings. The maximum Gasteiger partial charge on any atom is 0.123 e. The minimum Gasteiger partial charge on any atom is -0.312 e.